The van der Waals surface area contributed by atoms with Gasteiger partial charge in [-0.25, -0.2) is 0 Å². The minimum Gasteiger partial charge on any atom is -0.309 e. The van der Waals surface area contributed by atoms with Gasteiger partial charge in [0.2, 0.25) is 0 Å². The number of hydrogen-bond donors (Lipinski definition) is 0. The average molecular weight is 1020 g/mol. The zero-order chi connectivity index (χ0) is 53.2. The zero-order valence-electron chi connectivity index (χ0n) is 44.1. The van der Waals surface area contributed by atoms with Crippen LogP contribution in [0.5, 0.6) is 0 Å². The lowest BCUT2D eigenvalue weighted by atomic mass is 9.92. The maximum Gasteiger partial charge on any atom is 0.0547 e. The molecule has 376 valence electrons. The van der Waals surface area contributed by atoms with Crippen molar-refractivity contribution < 1.29 is 0 Å². The quantitative estimate of drug-likeness (QED) is 0.120. The third-order valence-electron chi connectivity index (χ3n) is 15.6. The molecular weight excluding hydrogens is 965 g/mol. The van der Waals surface area contributed by atoms with Gasteiger partial charge in [0.05, 0.1) is 22.7 Å². The van der Waals surface area contributed by atoms with Crippen LogP contribution in [0.1, 0.15) is 0 Å². The lowest BCUT2D eigenvalue weighted by Gasteiger charge is -2.32. The number of rotatable bonds is 12. The van der Waals surface area contributed by atoms with Crippen LogP contribution >= 0.6 is 0 Å². The summed E-state index contributed by atoms with van der Waals surface area (Å²) >= 11 is 0. The molecule has 0 aliphatic carbocycles. The maximum absolute atomic E-state index is 2.50. The second-order valence-electron chi connectivity index (χ2n) is 20.4. The van der Waals surface area contributed by atoms with E-state index in [9.17, 15) is 0 Å². The molecule has 14 aromatic carbocycles. The predicted molar refractivity (Wildman–Crippen MR) is 341 cm³/mol. The summed E-state index contributed by atoms with van der Waals surface area (Å²) in [6.45, 7) is 0. The van der Waals surface area contributed by atoms with Gasteiger partial charge in [0, 0.05) is 33.5 Å². The van der Waals surface area contributed by atoms with Crippen LogP contribution in [0, 0.1) is 0 Å². The molecule has 0 bridgehead atoms. The number of fused-ring (bicyclic) bond motifs is 3. The van der Waals surface area contributed by atoms with Crippen molar-refractivity contribution in [3.8, 4) is 66.8 Å². The molecule has 0 atom stereocenters. The van der Waals surface area contributed by atoms with Crippen LogP contribution in [0.15, 0.2) is 328 Å². The van der Waals surface area contributed by atoms with Crippen molar-refractivity contribution in [3.63, 3.8) is 0 Å². The minimum absolute atomic E-state index is 1.05. The van der Waals surface area contributed by atoms with E-state index < -0.39 is 0 Å². The Kier molecular flexibility index (Phi) is 12.6. The Morgan fingerprint density at radius 1 is 0.163 bits per heavy atom. The minimum atomic E-state index is 1.05. The largest absolute Gasteiger partial charge is 0.309 e. The highest BCUT2D eigenvalue weighted by atomic mass is 15.2. The first-order valence-corrected chi connectivity index (χ1v) is 27.5. The van der Waals surface area contributed by atoms with Gasteiger partial charge in [0.15, 0.2) is 0 Å². The Morgan fingerprint density at radius 2 is 0.525 bits per heavy atom. The fraction of sp³-hybridized carbons (Fsp3) is 0. The molecule has 0 amide bonds. The maximum atomic E-state index is 2.50. The number of hydrogen-bond acceptors (Lipinski definition) is 2. The summed E-state index contributed by atoms with van der Waals surface area (Å²) in [5, 5.41) is 7.15. The standard InChI is InChI=1S/C78H54N2/c1-5-23-55(24-6-1)63-51-64-52-73(60-29-11-4-12-30-60)78(80(76-42-20-18-38-72(76)59-27-9-3-10-28-59)66-49-45-62(46-50-66)70-40-22-34-57-32-14-16-36-68(57)70)54-74(64)77(53-63)79(75-41-19-17-37-71(75)58-25-7-2-8-26-58)65-47-43-61(44-48-65)69-39-21-33-56-31-13-15-35-67(56)69/h1-54H. The number of para-hydroxylation sites is 2. The molecule has 80 heavy (non-hydrogen) atoms. The Balaban J connectivity index is 1.06. The summed E-state index contributed by atoms with van der Waals surface area (Å²) in [4.78, 5) is 4.99. The highest BCUT2D eigenvalue weighted by molar-refractivity contribution is 6.09. The van der Waals surface area contributed by atoms with Crippen LogP contribution in [0.2, 0.25) is 0 Å². The molecule has 0 aliphatic rings. The third kappa shape index (κ3) is 9.05. The molecule has 14 rings (SSSR count). The lowest BCUT2D eigenvalue weighted by molar-refractivity contribution is 1.28. The predicted octanol–water partition coefficient (Wildman–Crippen LogP) is 22.1. The number of benzene rings is 14. The van der Waals surface area contributed by atoms with E-state index in [0.717, 1.165) is 89.4 Å². The molecule has 0 N–H and O–H groups in total. The Labute approximate surface area is 468 Å². The molecule has 0 aliphatic heterocycles. The molecule has 0 saturated heterocycles. The lowest BCUT2D eigenvalue weighted by Crippen LogP contribution is -2.14. The summed E-state index contributed by atoms with van der Waals surface area (Å²) in [6, 6.07) is 120. The van der Waals surface area contributed by atoms with Gasteiger partial charge in [-0.05, 0) is 138 Å². The van der Waals surface area contributed by atoms with Crippen molar-refractivity contribution in [1.82, 2.24) is 0 Å². The molecule has 14 aromatic rings. The molecule has 0 radical (unpaired) electrons. The first kappa shape index (κ1) is 47.9. The van der Waals surface area contributed by atoms with Gasteiger partial charge in [-0.2, -0.15) is 0 Å². The monoisotopic (exact) mass is 1020 g/mol. The van der Waals surface area contributed by atoms with Crippen molar-refractivity contribution in [2.75, 3.05) is 9.80 Å². The van der Waals surface area contributed by atoms with E-state index in [0.29, 0.717) is 0 Å². The summed E-state index contributed by atoms with van der Waals surface area (Å²) in [7, 11) is 0. The fourth-order valence-electron chi connectivity index (χ4n) is 11.8. The van der Waals surface area contributed by atoms with E-state index in [1.807, 2.05) is 0 Å². The van der Waals surface area contributed by atoms with Gasteiger partial charge in [-0.1, -0.05) is 267 Å². The topological polar surface area (TPSA) is 6.48 Å². The molecule has 0 unspecified atom stereocenters. The normalized spacial score (nSPS) is 11.2. The number of anilines is 6. The summed E-state index contributed by atoms with van der Waals surface area (Å²) in [6.07, 6.45) is 0. The van der Waals surface area contributed by atoms with Gasteiger partial charge in [-0.15, -0.1) is 0 Å². The van der Waals surface area contributed by atoms with Crippen LogP contribution in [-0.4, -0.2) is 0 Å². The van der Waals surface area contributed by atoms with Crippen LogP contribution in [0.4, 0.5) is 34.1 Å². The number of nitrogens with zero attached hydrogens (tertiary/aromatic N) is 2. The molecule has 2 nitrogen and oxygen atoms in total. The van der Waals surface area contributed by atoms with Gasteiger partial charge < -0.3 is 9.80 Å². The van der Waals surface area contributed by atoms with Crippen molar-refractivity contribution >= 4 is 66.4 Å². The molecule has 0 spiro atoms. The molecule has 0 heterocycles. The van der Waals surface area contributed by atoms with E-state index in [-0.39, 0.29) is 0 Å². The van der Waals surface area contributed by atoms with Crippen LogP contribution in [0.25, 0.3) is 99.1 Å². The zero-order valence-corrected chi connectivity index (χ0v) is 44.1. The summed E-state index contributed by atoms with van der Waals surface area (Å²) in [5.74, 6) is 0. The van der Waals surface area contributed by atoms with E-state index in [1.165, 1.54) is 43.8 Å². The van der Waals surface area contributed by atoms with Crippen molar-refractivity contribution in [2.24, 2.45) is 0 Å². The van der Waals surface area contributed by atoms with Gasteiger partial charge in [0.1, 0.15) is 0 Å². The highest BCUT2D eigenvalue weighted by Gasteiger charge is 2.26. The molecule has 0 fully saturated rings. The van der Waals surface area contributed by atoms with Crippen LogP contribution in [0.3, 0.4) is 0 Å². The second-order valence-corrected chi connectivity index (χ2v) is 20.4. The van der Waals surface area contributed by atoms with Gasteiger partial charge >= 0.3 is 0 Å². The second kappa shape index (κ2) is 21.1. The first-order chi connectivity index (χ1) is 39.7. The van der Waals surface area contributed by atoms with E-state index in [2.05, 4.69) is 337 Å². The van der Waals surface area contributed by atoms with E-state index in [1.54, 1.807) is 0 Å². The molecule has 0 saturated carbocycles. The average Bonchev–Trinajstić information content (AvgIpc) is 3.58. The van der Waals surface area contributed by atoms with Gasteiger partial charge in [0.25, 0.3) is 0 Å². The summed E-state index contributed by atoms with van der Waals surface area (Å²) in [5.41, 5.74) is 20.2. The van der Waals surface area contributed by atoms with Gasteiger partial charge in [-0.3, -0.25) is 0 Å². The fourth-order valence-corrected chi connectivity index (χ4v) is 11.8. The summed E-state index contributed by atoms with van der Waals surface area (Å²) < 4.78 is 0. The molecule has 2 heteroatoms. The van der Waals surface area contributed by atoms with Crippen molar-refractivity contribution in [1.29, 1.82) is 0 Å². The van der Waals surface area contributed by atoms with Crippen molar-refractivity contribution in [2.45, 2.75) is 0 Å². The highest BCUT2D eigenvalue weighted by Crippen LogP contribution is 2.51. The Morgan fingerprint density at radius 3 is 1.01 bits per heavy atom. The Bertz CT molecular complexity index is 4490. The smallest absolute Gasteiger partial charge is 0.0547 e. The molecular formula is C78H54N2. The van der Waals surface area contributed by atoms with Crippen molar-refractivity contribution in [3.05, 3.63) is 328 Å². The SMILES string of the molecule is c1ccc(-c2cc(N(c3ccc(-c4cccc5ccccc45)cc3)c3ccccc3-c3ccccc3)c3cc(N(c4ccc(-c5cccc6ccccc56)cc4)c4ccccc4-c4ccccc4)c(-c4ccccc4)cc3c2)cc1. The molecule has 0 aromatic heterocycles. The van der Waals surface area contributed by atoms with E-state index in [4.69, 9.17) is 0 Å². The van der Waals surface area contributed by atoms with Crippen LogP contribution in [-0.2, 0) is 0 Å². The third-order valence-corrected chi connectivity index (χ3v) is 15.6. The van der Waals surface area contributed by atoms with E-state index >= 15 is 0 Å². The Hall–Kier alpha value is -10.5. The first-order valence-electron chi connectivity index (χ1n) is 27.5. The van der Waals surface area contributed by atoms with Crippen LogP contribution < -0.4 is 9.80 Å².